The summed E-state index contributed by atoms with van der Waals surface area (Å²) in [6.07, 6.45) is 0. The zero-order valence-electron chi connectivity index (χ0n) is 6.59. The Kier molecular flexibility index (Phi) is 2.90. The van der Waals surface area contributed by atoms with E-state index >= 15 is 0 Å². The van der Waals surface area contributed by atoms with Crippen molar-refractivity contribution >= 4 is 12.6 Å². The molecule has 0 saturated heterocycles. The molecule has 0 N–H and O–H groups in total. The first-order valence-corrected chi connectivity index (χ1v) is 3.74. The van der Waals surface area contributed by atoms with Crippen LogP contribution in [0.1, 0.15) is 5.56 Å². The second-order valence-electron chi connectivity index (χ2n) is 2.49. The Morgan fingerprint density at radius 3 is 1.20 bits per heavy atom. The van der Waals surface area contributed by atoms with E-state index in [9.17, 15) is 30.7 Å². The van der Waals surface area contributed by atoms with Crippen LogP contribution in [0.25, 0.3) is 0 Å². The smallest absolute Gasteiger partial charge is 0.203 e. The van der Waals surface area contributed by atoms with Gasteiger partial charge < -0.3 is 0 Å². The Hall–Kier alpha value is -0.920. The van der Waals surface area contributed by atoms with E-state index in [1.54, 1.807) is 0 Å². The molecule has 0 heterocycles. The van der Waals surface area contributed by atoms with Crippen LogP contribution in [-0.4, -0.2) is 0 Å². The summed E-state index contributed by atoms with van der Waals surface area (Å²) in [6.45, 7) is 0. The van der Waals surface area contributed by atoms with Gasteiger partial charge in [-0.15, -0.1) is 12.6 Å². The molecule has 0 saturated carbocycles. The first kappa shape index (κ1) is 12.2. The fourth-order valence-corrected chi connectivity index (χ4v) is 1.07. The molecule has 0 amide bonds. The number of thiol groups is 1. The van der Waals surface area contributed by atoms with Crippen LogP contribution < -0.4 is 0 Å². The fourth-order valence-electron chi connectivity index (χ4n) is 0.869. The zero-order valence-corrected chi connectivity index (χ0v) is 7.49. The molecule has 0 aromatic heterocycles. The van der Waals surface area contributed by atoms with E-state index in [4.69, 9.17) is 0 Å². The van der Waals surface area contributed by atoms with Gasteiger partial charge in [0, 0.05) is 0 Å². The van der Waals surface area contributed by atoms with Gasteiger partial charge in [-0.1, -0.05) is 0 Å². The molecular formula is C7HF7S. The zero-order chi connectivity index (χ0) is 12.0. The Labute approximate surface area is 84.1 Å². The molecule has 0 aliphatic carbocycles. The van der Waals surface area contributed by atoms with Gasteiger partial charge in [0.15, 0.2) is 23.3 Å². The maximum atomic E-state index is 12.6. The van der Waals surface area contributed by atoms with E-state index in [-0.39, 0.29) is 0 Å². The lowest BCUT2D eigenvalue weighted by atomic mass is 10.1. The number of rotatable bonds is 1. The number of alkyl halides is 2. The summed E-state index contributed by atoms with van der Waals surface area (Å²) >= 11 is 2.44. The molecule has 1 rings (SSSR count). The number of benzene rings is 1. The van der Waals surface area contributed by atoms with E-state index in [2.05, 4.69) is 12.6 Å². The first-order valence-electron chi connectivity index (χ1n) is 3.30. The molecule has 8 heteroatoms. The fraction of sp³-hybridized carbons (Fsp3) is 0.143. The minimum absolute atomic E-state index is 2.26. The van der Waals surface area contributed by atoms with Gasteiger partial charge in [0.1, 0.15) is 5.56 Å². The molecule has 0 aliphatic heterocycles. The molecular weight excluding hydrogens is 249 g/mol. The molecule has 0 fully saturated rings. The summed E-state index contributed by atoms with van der Waals surface area (Å²) in [7, 11) is 0. The second kappa shape index (κ2) is 3.58. The third kappa shape index (κ3) is 1.90. The second-order valence-corrected chi connectivity index (χ2v) is 3.05. The molecule has 1 aromatic rings. The average molecular weight is 250 g/mol. The molecule has 1 aromatic carbocycles. The van der Waals surface area contributed by atoms with Crippen LogP contribution in [0, 0.1) is 29.1 Å². The van der Waals surface area contributed by atoms with Gasteiger partial charge in [0.2, 0.25) is 5.82 Å². The van der Waals surface area contributed by atoms with Crippen LogP contribution in [0.5, 0.6) is 0 Å². The van der Waals surface area contributed by atoms with Crippen molar-refractivity contribution < 1.29 is 30.7 Å². The van der Waals surface area contributed by atoms with Crippen molar-refractivity contribution in [1.29, 1.82) is 0 Å². The van der Waals surface area contributed by atoms with E-state index in [1.807, 2.05) is 0 Å². The lowest BCUT2D eigenvalue weighted by Gasteiger charge is -2.12. The van der Waals surface area contributed by atoms with Crippen molar-refractivity contribution in [1.82, 2.24) is 0 Å². The van der Waals surface area contributed by atoms with Crippen LogP contribution in [-0.2, 0) is 5.25 Å². The highest BCUT2D eigenvalue weighted by Crippen LogP contribution is 2.37. The van der Waals surface area contributed by atoms with Crippen molar-refractivity contribution in [2.45, 2.75) is 5.25 Å². The monoisotopic (exact) mass is 250 g/mol. The Balaban J connectivity index is 3.68. The quantitative estimate of drug-likeness (QED) is 0.336. The summed E-state index contributed by atoms with van der Waals surface area (Å²) in [5.74, 6) is -12.5. The van der Waals surface area contributed by atoms with E-state index in [0.29, 0.717) is 0 Å². The highest BCUT2D eigenvalue weighted by atomic mass is 32.1. The van der Waals surface area contributed by atoms with E-state index < -0.39 is 39.9 Å². The Morgan fingerprint density at radius 1 is 0.667 bits per heavy atom. The van der Waals surface area contributed by atoms with Crippen LogP contribution in [0.3, 0.4) is 0 Å². The molecule has 0 bridgehead atoms. The van der Waals surface area contributed by atoms with Crippen molar-refractivity contribution in [2.24, 2.45) is 0 Å². The highest BCUT2D eigenvalue weighted by molar-refractivity contribution is 7.81. The summed E-state index contributed by atoms with van der Waals surface area (Å²) < 4.78 is 87.3. The van der Waals surface area contributed by atoms with Gasteiger partial charge in [-0.3, -0.25) is 0 Å². The van der Waals surface area contributed by atoms with Crippen LogP contribution in [0.4, 0.5) is 30.7 Å². The molecule has 84 valence electrons. The first-order chi connectivity index (χ1) is 6.68. The number of halogens is 7. The Bertz CT molecular complexity index is 380. The van der Waals surface area contributed by atoms with Crippen LogP contribution in [0.2, 0.25) is 0 Å². The van der Waals surface area contributed by atoms with Gasteiger partial charge in [0.05, 0.1) is 0 Å². The van der Waals surface area contributed by atoms with Gasteiger partial charge >= 0.3 is 5.25 Å². The third-order valence-corrected chi connectivity index (χ3v) is 1.73. The standard InChI is InChI=1S/C7HF7S/c8-2-1(7(13,14)15)3(9)5(11)6(12)4(2)10/h15H. The SMILES string of the molecule is Fc1c(F)c(F)c(C(F)(F)S)c(F)c1F. The predicted molar refractivity (Wildman–Crippen MR) is 39.1 cm³/mol. The number of hydrogen-bond acceptors (Lipinski definition) is 1. The van der Waals surface area contributed by atoms with Gasteiger partial charge in [-0.05, 0) is 0 Å². The lowest BCUT2D eigenvalue weighted by Crippen LogP contribution is -2.15. The third-order valence-electron chi connectivity index (χ3n) is 1.51. The maximum absolute atomic E-state index is 12.6. The van der Waals surface area contributed by atoms with Crippen LogP contribution in [0.15, 0.2) is 0 Å². The van der Waals surface area contributed by atoms with Gasteiger partial charge in [-0.25, -0.2) is 22.0 Å². The normalized spacial score (nSPS) is 12.0. The van der Waals surface area contributed by atoms with Crippen molar-refractivity contribution in [3.05, 3.63) is 34.6 Å². The van der Waals surface area contributed by atoms with Gasteiger partial charge in [0.25, 0.3) is 0 Å². The largest absolute Gasteiger partial charge is 0.322 e. The molecule has 0 aliphatic rings. The van der Waals surface area contributed by atoms with Crippen molar-refractivity contribution in [3.63, 3.8) is 0 Å². The van der Waals surface area contributed by atoms with Crippen LogP contribution >= 0.6 is 12.6 Å². The van der Waals surface area contributed by atoms with E-state index in [0.717, 1.165) is 0 Å². The molecule has 15 heavy (non-hydrogen) atoms. The predicted octanol–water partition coefficient (Wildman–Crippen LogP) is 3.36. The molecule has 0 nitrogen and oxygen atoms in total. The minimum atomic E-state index is -4.45. The van der Waals surface area contributed by atoms with Crippen molar-refractivity contribution in [2.75, 3.05) is 0 Å². The Morgan fingerprint density at radius 2 is 0.933 bits per heavy atom. The highest BCUT2D eigenvalue weighted by Gasteiger charge is 2.39. The summed E-state index contributed by atoms with van der Waals surface area (Å²) in [5, 5.41) is -4.45. The molecule has 0 spiro atoms. The van der Waals surface area contributed by atoms with E-state index in [1.165, 1.54) is 0 Å². The minimum Gasteiger partial charge on any atom is -0.203 e. The maximum Gasteiger partial charge on any atom is 0.322 e. The lowest BCUT2D eigenvalue weighted by molar-refractivity contribution is 0.0951. The molecule has 0 atom stereocenters. The summed E-state index contributed by atoms with van der Waals surface area (Å²) in [4.78, 5) is 0. The van der Waals surface area contributed by atoms with Gasteiger partial charge in [-0.2, -0.15) is 8.78 Å². The van der Waals surface area contributed by atoms with Crippen molar-refractivity contribution in [3.8, 4) is 0 Å². The molecule has 0 radical (unpaired) electrons. The average Bonchev–Trinajstić information content (AvgIpc) is 2.09. The summed E-state index contributed by atoms with van der Waals surface area (Å²) in [6, 6.07) is 0. The molecule has 0 unspecified atom stereocenters. The topological polar surface area (TPSA) is 0 Å². The number of hydrogen-bond donors (Lipinski definition) is 1. The summed E-state index contributed by atoms with van der Waals surface area (Å²) in [5.41, 5.74) is -2.26.